The fourth-order valence-corrected chi connectivity index (χ4v) is 3.46. The van der Waals surface area contributed by atoms with Crippen LogP contribution in [0.3, 0.4) is 0 Å². The number of methoxy groups -OCH3 is 1. The van der Waals surface area contributed by atoms with E-state index in [0.29, 0.717) is 0 Å². The smallest absolute Gasteiger partial charge is 0.341 e. The molecule has 0 fully saturated rings. The first-order valence-corrected chi connectivity index (χ1v) is 8.19. The number of carbonyl (C=O) groups is 1. The van der Waals surface area contributed by atoms with Crippen molar-refractivity contribution < 1.29 is 14.6 Å². The van der Waals surface area contributed by atoms with Crippen LogP contribution < -0.4 is 10.2 Å². The van der Waals surface area contributed by atoms with Gasteiger partial charge in [-0.1, -0.05) is 13.8 Å². The second kappa shape index (κ2) is 6.15. The summed E-state index contributed by atoms with van der Waals surface area (Å²) in [5, 5.41) is 9.24. The number of hydrogen-bond acceptors (Lipinski definition) is 3. The van der Waals surface area contributed by atoms with Gasteiger partial charge in [0.25, 0.3) is 0 Å². The first kappa shape index (κ1) is 16.3. The maximum absolute atomic E-state index is 12.2. The molecule has 24 heavy (non-hydrogen) atoms. The second-order valence-electron chi connectivity index (χ2n) is 6.09. The van der Waals surface area contributed by atoms with Gasteiger partial charge in [0.15, 0.2) is 5.43 Å². The van der Waals surface area contributed by atoms with E-state index < -0.39 is 11.4 Å². The third-order valence-electron chi connectivity index (χ3n) is 4.79. The third kappa shape index (κ3) is 2.50. The molecule has 1 N–H and O–H groups in total. The quantitative estimate of drug-likeness (QED) is 0.935. The van der Waals surface area contributed by atoms with Crippen LogP contribution in [-0.4, -0.2) is 22.8 Å². The van der Waals surface area contributed by atoms with E-state index in [2.05, 4.69) is 26.0 Å². The molecule has 5 nitrogen and oxygen atoms in total. The normalized spacial score (nSPS) is 15.5. The van der Waals surface area contributed by atoms with Crippen molar-refractivity contribution >= 4 is 5.97 Å². The average Bonchev–Trinajstić information content (AvgIpc) is 2.58. The highest BCUT2D eigenvalue weighted by molar-refractivity contribution is 5.87. The molecule has 2 heterocycles. The fourth-order valence-electron chi connectivity index (χ4n) is 3.46. The van der Waals surface area contributed by atoms with E-state index in [1.54, 1.807) is 7.11 Å². The number of aryl methyl sites for hydroxylation is 1. The van der Waals surface area contributed by atoms with Crippen LogP contribution in [0.2, 0.25) is 0 Å². The van der Waals surface area contributed by atoms with Crippen LogP contribution >= 0.6 is 0 Å². The molecule has 3 rings (SSSR count). The van der Waals surface area contributed by atoms with Crippen molar-refractivity contribution in [2.45, 2.75) is 39.2 Å². The van der Waals surface area contributed by atoms with Crippen LogP contribution in [0.5, 0.6) is 5.75 Å². The van der Waals surface area contributed by atoms with Gasteiger partial charge in [-0.2, -0.15) is 0 Å². The number of hydrogen-bond donors (Lipinski definition) is 1. The molecule has 0 radical (unpaired) electrons. The van der Waals surface area contributed by atoms with Gasteiger partial charge in [0.2, 0.25) is 0 Å². The van der Waals surface area contributed by atoms with Gasteiger partial charge in [-0.3, -0.25) is 4.79 Å². The zero-order valence-electron chi connectivity index (χ0n) is 14.1. The molecule has 1 aliphatic rings. The van der Waals surface area contributed by atoms with Gasteiger partial charge in [0, 0.05) is 23.9 Å². The molecule has 0 saturated carbocycles. The topological polar surface area (TPSA) is 68.5 Å². The molecule has 1 aliphatic heterocycles. The summed E-state index contributed by atoms with van der Waals surface area (Å²) in [5.41, 5.74) is 3.36. The van der Waals surface area contributed by atoms with Gasteiger partial charge in [-0.25, -0.2) is 4.79 Å². The molecule has 1 unspecified atom stereocenters. The molecule has 0 amide bonds. The summed E-state index contributed by atoms with van der Waals surface area (Å²) < 4.78 is 7.43. The summed E-state index contributed by atoms with van der Waals surface area (Å²) in [7, 11) is 1.67. The van der Waals surface area contributed by atoms with E-state index in [1.807, 2.05) is 4.57 Å². The SMILES string of the molecule is CCc1cc2c(cc1OC)CC(CC)n1cc(C(=O)O)c(=O)cc1-2. The summed E-state index contributed by atoms with van der Waals surface area (Å²) in [5.74, 6) is -0.316. The number of pyridine rings is 1. The summed E-state index contributed by atoms with van der Waals surface area (Å²) in [6.07, 6.45) is 3.96. The third-order valence-corrected chi connectivity index (χ3v) is 4.79. The van der Waals surface area contributed by atoms with Crippen molar-refractivity contribution in [2.75, 3.05) is 7.11 Å². The number of aromatic carboxylic acids is 1. The highest BCUT2D eigenvalue weighted by Gasteiger charge is 2.26. The minimum absolute atomic E-state index is 0.128. The first-order chi connectivity index (χ1) is 11.5. The van der Waals surface area contributed by atoms with E-state index >= 15 is 0 Å². The van der Waals surface area contributed by atoms with Crippen LogP contribution in [0.1, 0.15) is 47.8 Å². The Labute approximate surface area is 140 Å². The molecule has 1 aromatic heterocycles. The maximum Gasteiger partial charge on any atom is 0.341 e. The number of aromatic nitrogens is 1. The zero-order valence-corrected chi connectivity index (χ0v) is 14.1. The molecule has 5 heteroatoms. The van der Waals surface area contributed by atoms with E-state index in [-0.39, 0.29) is 11.6 Å². The predicted octanol–water partition coefficient (Wildman–Crippen LogP) is 3.29. The second-order valence-corrected chi connectivity index (χ2v) is 6.09. The lowest BCUT2D eigenvalue weighted by Gasteiger charge is -2.31. The Bertz CT molecular complexity index is 866. The van der Waals surface area contributed by atoms with Crippen molar-refractivity contribution in [2.24, 2.45) is 0 Å². The number of carboxylic acid groups (broad SMARTS) is 1. The molecule has 1 atom stereocenters. The fraction of sp³-hybridized carbons (Fsp3) is 0.368. The molecule has 0 aliphatic carbocycles. The summed E-state index contributed by atoms with van der Waals surface area (Å²) >= 11 is 0. The zero-order chi connectivity index (χ0) is 17.4. The predicted molar refractivity (Wildman–Crippen MR) is 92.1 cm³/mol. The Morgan fingerprint density at radius 2 is 2.08 bits per heavy atom. The van der Waals surface area contributed by atoms with Gasteiger partial charge < -0.3 is 14.4 Å². The van der Waals surface area contributed by atoms with Crippen molar-refractivity contribution in [1.29, 1.82) is 0 Å². The van der Waals surface area contributed by atoms with Crippen LogP contribution in [0.15, 0.2) is 29.2 Å². The molecule has 0 saturated heterocycles. The highest BCUT2D eigenvalue weighted by Crippen LogP contribution is 2.39. The largest absolute Gasteiger partial charge is 0.496 e. The number of ether oxygens (including phenoxy) is 1. The van der Waals surface area contributed by atoms with E-state index in [0.717, 1.165) is 47.4 Å². The molecule has 126 valence electrons. The van der Waals surface area contributed by atoms with Gasteiger partial charge in [-0.15, -0.1) is 0 Å². The number of rotatable bonds is 4. The Kier molecular flexibility index (Phi) is 4.18. The number of benzene rings is 1. The number of nitrogens with zero attached hydrogens (tertiary/aromatic N) is 1. The van der Waals surface area contributed by atoms with E-state index in [1.165, 1.54) is 12.3 Å². The number of carboxylic acids is 1. The molecule has 1 aromatic carbocycles. The van der Waals surface area contributed by atoms with Crippen LogP contribution in [0, 0.1) is 0 Å². The number of fused-ring (bicyclic) bond motifs is 3. The van der Waals surface area contributed by atoms with Crippen LogP contribution in [0.4, 0.5) is 0 Å². The average molecular weight is 327 g/mol. The molecular weight excluding hydrogens is 306 g/mol. The lowest BCUT2D eigenvalue weighted by Crippen LogP contribution is -2.25. The lowest BCUT2D eigenvalue weighted by molar-refractivity contribution is 0.0694. The minimum Gasteiger partial charge on any atom is -0.496 e. The van der Waals surface area contributed by atoms with Crippen molar-refractivity contribution in [3.63, 3.8) is 0 Å². The summed E-state index contributed by atoms with van der Waals surface area (Å²) in [6, 6.07) is 5.70. The molecule has 0 spiro atoms. The van der Waals surface area contributed by atoms with Gasteiger partial charge in [0.1, 0.15) is 11.3 Å². The van der Waals surface area contributed by atoms with Crippen LogP contribution in [-0.2, 0) is 12.8 Å². The van der Waals surface area contributed by atoms with Gasteiger partial charge in [0.05, 0.1) is 12.8 Å². The Balaban J connectivity index is 2.29. The lowest BCUT2D eigenvalue weighted by atomic mass is 9.89. The summed E-state index contributed by atoms with van der Waals surface area (Å²) in [4.78, 5) is 23.5. The molecule has 2 aromatic rings. The summed E-state index contributed by atoms with van der Waals surface area (Å²) in [6.45, 7) is 4.12. The van der Waals surface area contributed by atoms with Crippen molar-refractivity contribution in [1.82, 2.24) is 4.57 Å². The first-order valence-electron chi connectivity index (χ1n) is 8.19. The minimum atomic E-state index is -1.18. The van der Waals surface area contributed by atoms with Gasteiger partial charge >= 0.3 is 5.97 Å². The molecular formula is C19H21NO4. The Hall–Kier alpha value is -2.56. The highest BCUT2D eigenvalue weighted by atomic mass is 16.5. The van der Waals surface area contributed by atoms with Crippen LogP contribution in [0.25, 0.3) is 11.3 Å². The van der Waals surface area contributed by atoms with E-state index in [9.17, 15) is 14.7 Å². The Morgan fingerprint density at radius 3 is 2.67 bits per heavy atom. The van der Waals surface area contributed by atoms with E-state index in [4.69, 9.17) is 4.74 Å². The maximum atomic E-state index is 12.2. The van der Waals surface area contributed by atoms with Gasteiger partial charge in [-0.05, 0) is 42.5 Å². The monoisotopic (exact) mass is 327 g/mol. The molecule has 0 bridgehead atoms. The van der Waals surface area contributed by atoms with Crippen molar-refractivity contribution in [3.05, 3.63) is 51.3 Å². The van der Waals surface area contributed by atoms with Crippen molar-refractivity contribution in [3.8, 4) is 17.0 Å². The Morgan fingerprint density at radius 1 is 1.33 bits per heavy atom. The standard InChI is InChI=1S/C19H21NO4/c1-4-11-7-14-12(8-18(11)24-3)6-13(5-2)20-10-15(19(22)23)17(21)9-16(14)20/h7-10,13H,4-6H2,1-3H3,(H,22,23).